The number of para-hydroxylation sites is 1. The summed E-state index contributed by atoms with van der Waals surface area (Å²) >= 11 is 0. The van der Waals surface area contributed by atoms with Gasteiger partial charge < -0.3 is 19.3 Å². The van der Waals surface area contributed by atoms with Gasteiger partial charge in [-0.2, -0.15) is 0 Å². The molecule has 9 heteroatoms. The van der Waals surface area contributed by atoms with E-state index in [4.69, 9.17) is 4.74 Å². The van der Waals surface area contributed by atoms with Crippen molar-refractivity contribution in [2.24, 2.45) is 5.41 Å². The fourth-order valence-electron chi connectivity index (χ4n) is 4.04. The summed E-state index contributed by atoms with van der Waals surface area (Å²) in [6.45, 7) is 7.47. The molecule has 0 aliphatic carbocycles. The SMILES string of the molecule is CC(C)(C)OC(=O)N1CCC2(CCN(C(=O)c3ccccc3OC(F)(F)F)CC2)C1. The van der Waals surface area contributed by atoms with Crippen LogP contribution in [0.3, 0.4) is 0 Å². The van der Waals surface area contributed by atoms with Crippen LogP contribution in [0.4, 0.5) is 18.0 Å². The zero-order chi connectivity index (χ0) is 22.2. The van der Waals surface area contributed by atoms with Crippen molar-refractivity contribution in [2.75, 3.05) is 26.2 Å². The third-order valence-electron chi connectivity index (χ3n) is 5.54. The summed E-state index contributed by atoms with van der Waals surface area (Å²) in [6.07, 6.45) is -3.02. The molecular weight excluding hydrogens is 401 g/mol. The predicted molar refractivity (Wildman–Crippen MR) is 103 cm³/mol. The second kappa shape index (κ2) is 8.00. The molecule has 3 rings (SSSR count). The molecule has 0 N–H and O–H groups in total. The Balaban J connectivity index is 1.61. The van der Waals surface area contributed by atoms with Crippen molar-refractivity contribution < 1.29 is 32.2 Å². The fourth-order valence-corrected chi connectivity index (χ4v) is 4.04. The van der Waals surface area contributed by atoms with Crippen LogP contribution in [0.5, 0.6) is 5.75 Å². The largest absolute Gasteiger partial charge is 0.573 e. The summed E-state index contributed by atoms with van der Waals surface area (Å²) in [7, 11) is 0. The van der Waals surface area contributed by atoms with Crippen molar-refractivity contribution in [3.63, 3.8) is 0 Å². The van der Waals surface area contributed by atoms with Gasteiger partial charge in [-0.05, 0) is 57.6 Å². The van der Waals surface area contributed by atoms with Crippen LogP contribution >= 0.6 is 0 Å². The summed E-state index contributed by atoms with van der Waals surface area (Å²) < 4.78 is 47.4. The van der Waals surface area contributed by atoms with Gasteiger partial charge in [0.05, 0.1) is 5.56 Å². The van der Waals surface area contributed by atoms with Crippen molar-refractivity contribution >= 4 is 12.0 Å². The number of amides is 2. The lowest BCUT2D eigenvalue weighted by Crippen LogP contribution is -2.45. The summed E-state index contributed by atoms with van der Waals surface area (Å²) in [6, 6.07) is 5.39. The van der Waals surface area contributed by atoms with Crippen molar-refractivity contribution in [1.82, 2.24) is 9.80 Å². The molecule has 6 nitrogen and oxygen atoms in total. The van der Waals surface area contributed by atoms with Crippen LogP contribution in [0, 0.1) is 5.41 Å². The molecule has 1 aromatic rings. The lowest BCUT2D eigenvalue weighted by atomic mass is 9.77. The highest BCUT2D eigenvalue weighted by Gasteiger charge is 2.44. The first kappa shape index (κ1) is 22.2. The normalized spacial score (nSPS) is 19.1. The van der Waals surface area contributed by atoms with E-state index in [1.54, 1.807) is 9.80 Å². The molecule has 2 heterocycles. The molecule has 2 amide bonds. The molecule has 2 fully saturated rings. The number of benzene rings is 1. The van der Waals surface area contributed by atoms with Gasteiger partial charge >= 0.3 is 12.5 Å². The molecule has 2 aliphatic rings. The van der Waals surface area contributed by atoms with E-state index in [0.29, 0.717) is 39.0 Å². The first-order valence-corrected chi connectivity index (χ1v) is 10.00. The molecule has 0 atom stereocenters. The highest BCUT2D eigenvalue weighted by Crippen LogP contribution is 2.41. The van der Waals surface area contributed by atoms with Gasteiger partial charge in [-0.15, -0.1) is 13.2 Å². The van der Waals surface area contributed by atoms with E-state index >= 15 is 0 Å². The first-order chi connectivity index (χ1) is 13.9. The number of piperidine rings is 1. The summed E-state index contributed by atoms with van der Waals surface area (Å²) in [5.41, 5.74) is -0.753. The van der Waals surface area contributed by atoms with E-state index in [1.807, 2.05) is 20.8 Å². The smallest absolute Gasteiger partial charge is 0.444 e. The van der Waals surface area contributed by atoms with Crippen molar-refractivity contribution in [1.29, 1.82) is 0 Å². The van der Waals surface area contributed by atoms with Gasteiger partial charge in [0.15, 0.2) is 0 Å². The van der Waals surface area contributed by atoms with E-state index in [9.17, 15) is 22.8 Å². The number of ether oxygens (including phenoxy) is 2. The zero-order valence-corrected chi connectivity index (χ0v) is 17.4. The number of halogens is 3. The third kappa shape index (κ3) is 5.37. The topological polar surface area (TPSA) is 59.1 Å². The Morgan fingerprint density at radius 2 is 1.53 bits per heavy atom. The van der Waals surface area contributed by atoms with Gasteiger partial charge in [-0.3, -0.25) is 4.79 Å². The molecule has 0 saturated carbocycles. The number of nitrogens with zero attached hydrogens (tertiary/aromatic N) is 2. The van der Waals surface area contributed by atoms with Crippen LogP contribution in [0.15, 0.2) is 24.3 Å². The van der Waals surface area contributed by atoms with Crippen LogP contribution < -0.4 is 4.74 Å². The molecule has 166 valence electrons. The van der Waals surface area contributed by atoms with Gasteiger partial charge in [0, 0.05) is 26.2 Å². The van der Waals surface area contributed by atoms with Crippen molar-refractivity contribution in [3.8, 4) is 5.75 Å². The molecule has 1 spiro atoms. The minimum Gasteiger partial charge on any atom is -0.444 e. The van der Waals surface area contributed by atoms with Crippen molar-refractivity contribution in [3.05, 3.63) is 29.8 Å². The number of carbonyl (C=O) groups excluding carboxylic acids is 2. The van der Waals surface area contributed by atoms with Gasteiger partial charge in [0.25, 0.3) is 5.91 Å². The predicted octanol–water partition coefficient (Wildman–Crippen LogP) is 4.45. The van der Waals surface area contributed by atoms with Gasteiger partial charge in [-0.1, -0.05) is 12.1 Å². The highest BCUT2D eigenvalue weighted by atomic mass is 19.4. The first-order valence-electron chi connectivity index (χ1n) is 10.00. The number of hydrogen-bond acceptors (Lipinski definition) is 4. The Bertz CT molecular complexity index is 796. The quantitative estimate of drug-likeness (QED) is 0.699. The molecule has 30 heavy (non-hydrogen) atoms. The van der Waals surface area contributed by atoms with E-state index in [-0.39, 0.29) is 17.1 Å². The Morgan fingerprint density at radius 1 is 0.967 bits per heavy atom. The summed E-state index contributed by atoms with van der Waals surface area (Å²) in [5, 5.41) is 0. The fraction of sp³-hybridized carbons (Fsp3) is 0.619. The van der Waals surface area contributed by atoms with Crippen LogP contribution in [0.25, 0.3) is 0 Å². The zero-order valence-electron chi connectivity index (χ0n) is 17.4. The third-order valence-corrected chi connectivity index (χ3v) is 5.54. The molecular formula is C21H27F3N2O4. The van der Waals surface area contributed by atoms with Crippen LogP contribution in [0.1, 0.15) is 50.4 Å². The van der Waals surface area contributed by atoms with E-state index in [2.05, 4.69) is 4.74 Å². The number of carbonyl (C=O) groups is 2. The minimum absolute atomic E-state index is 0.0876. The number of rotatable bonds is 2. The molecule has 2 aliphatic heterocycles. The lowest BCUT2D eigenvalue weighted by Gasteiger charge is -2.39. The standard InChI is InChI=1S/C21H27F3N2O4/c1-19(2,3)30-18(28)26-13-10-20(14-26)8-11-25(12-9-20)17(27)15-6-4-5-7-16(15)29-21(22,23)24/h4-7H,8-14H2,1-3H3. The summed E-state index contributed by atoms with van der Waals surface area (Å²) in [5.74, 6) is -0.973. The second-order valence-electron chi connectivity index (χ2n) is 8.99. The molecule has 0 bridgehead atoms. The van der Waals surface area contributed by atoms with Gasteiger partial charge in [-0.25, -0.2) is 4.79 Å². The van der Waals surface area contributed by atoms with Gasteiger partial charge in [0.2, 0.25) is 0 Å². The lowest BCUT2D eigenvalue weighted by molar-refractivity contribution is -0.274. The highest BCUT2D eigenvalue weighted by molar-refractivity contribution is 5.97. The molecule has 2 saturated heterocycles. The molecule has 0 radical (unpaired) electrons. The minimum atomic E-state index is -4.86. The number of alkyl halides is 3. The Labute approximate surface area is 173 Å². The Morgan fingerprint density at radius 3 is 2.10 bits per heavy atom. The second-order valence-corrected chi connectivity index (χ2v) is 8.99. The monoisotopic (exact) mass is 428 g/mol. The maximum atomic E-state index is 12.8. The van der Waals surface area contributed by atoms with E-state index in [0.717, 1.165) is 12.5 Å². The molecule has 1 aromatic carbocycles. The number of hydrogen-bond donors (Lipinski definition) is 0. The van der Waals surface area contributed by atoms with E-state index < -0.39 is 23.6 Å². The summed E-state index contributed by atoms with van der Waals surface area (Å²) in [4.78, 5) is 28.4. The molecule has 0 unspecified atom stereocenters. The van der Waals surface area contributed by atoms with Gasteiger partial charge in [0.1, 0.15) is 11.4 Å². The molecule has 0 aromatic heterocycles. The number of likely N-dealkylation sites (tertiary alicyclic amines) is 2. The van der Waals surface area contributed by atoms with Crippen LogP contribution in [-0.2, 0) is 4.74 Å². The average molecular weight is 428 g/mol. The van der Waals surface area contributed by atoms with Crippen LogP contribution in [0.2, 0.25) is 0 Å². The average Bonchev–Trinajstić information content (AvgIpc) is 3.03. The van der Waals surface area contributed by atoms with Crippen LogP contribution in [-0.4, -0.2) is 59.9 Å². The Hall–Kier alpha value is -2.45. The maximum Gasteiger partial charge on any atom is 0.573 e. The Kier molecular flexibility index (Phi) is 5.93. The maximum absolute atomic E-state index is 12.8. The van der Waals surface area contributed by atoms with E-state index in [1.165, 1.54) is 18.2 Å². The van der Waals surface area contributed by atoms with Crippen molar-refractivity contribution in [2.45, 2.75) is 52.0 Å².